The average Bonchev–Trinajstić information content (AvgIpc) is 3.59. The van der Waals surface area contributed by atoms with E-state index in [0.29, 0.717) is 0 Å². The largest absolute Gasteiger partial charge is 0.358 e. The summed E-state index contributed by atoms with van der Waals surface area (Å²) in [5.74, 6) is 0. The zero-order valence-corrected chi connectivity index (χ0v) is 28.7. The Kier molecular flexibility index (Phi) is 17.0. The SMILES string of the molecule is Cl.Cl.[CH3-].[Hf].[c-]1ccccc1.[c-]1ccccc1.c1ccc2c(c1)[cH-]c1ccccc12.c1ccc2c(c1)[cH-]c1ccccc12. The minimum Gasteiger partial charge on any atom is -0.358 e. The van der Waals surface area contributed by atoms with Crippen LogP contribution in [-0.2, 0) is 25.8 Å². The standard InChI is InChI=1S/2C13H9.2C6H5.CH3.2ClH.Hf/c2*1-3-7-12-10(5-1)9-11-6-2-4-8-13(11)12;2*1-2-4-6-5-3-1;;;;/h2*1-9H;2*1-5H;1H3;2*1H;/q5*-1;;;. The van der Waals surface area contributed by atoms with Crippen molar-refractivity contribution in [1.82, 2.24) is 0 Å². The molecular formula is C39H33Cl2Hf-5. The summed E-state index contributed by atoms with van der Waals surface area (Å²) in [6, 6.07) is 63.5. The van der Waals surface area contributed by atoms with Crippen LogP contribution in [0.3, 0.4) is 0 Å². The molecule has 0 spiro atoms. The molecule has 3 heteroatoms. The van der Waals surface area contributed by atoms with Crippen molar-refractivity contribution in [3.05, 3.63) is 189 Å². The van der Waals surface area contributed by atoms with E-state index in [1.807, 2.05) is 60.7 Å². The molecule has 0 saturated carbocycles. The van der Waals surface area contributed by atoms with Crippen molar-refractivity contribution in [2.24, 2.45) is 0 Å². The van der Waals surface area contributed by atoms with E-state index in [9.17, 15) is 0 Å². The normalized spacial score (nSPS) is 9.14. The van der Waals surface area contributed by atoms with Gasteiger partial charge in [-0.05, 0) is 0 Å². The van der Waals surface area contributed by atoms with Crippen molar-refractivity contribution >= 4 is 67.9 Å². The molecule has 0 amide bonds. The second-order valence-corrected chi connectivity index (χ2v) is 8.79. The maximum Gasteiger partial charge on any atom is 0 e. The number of rotatable bonds is 0. The topological polar surface area (TPSA) is 0 Å². The van der Waals surface area contributed by atoms with Crippen molar-refractivity contribution in [1.29, 1.82) is 0 Å². The molecule has 8 aromatic rings. The minimum atomic E-state index is 0. The smallest absolute Gasteiger partial charge is 0 e. The average molecular weight is 751 g/mol. The summed E-state index contributed by atoms with van der Waals surface area (Å²) < 4.78 is 0. The third-order valence-electron chi connectivity index (χ3n) is 6.26. The van der Waals surface area contributed by atoms with Crippen LogP contribution < -0.4 is 0 Å². The van der Waals surface area contributed by atoms with Crippen LogP contribution >= 0.6 is 24.8 Å². The van der Waals surface area contributed by atoms with Gasteiger partial charge in [-0.1, -0.05) is 72.8 Å². The van der Waals surface area contributed by atoms with Crippen molar-refractivity contribution in [2.75, 3.05) is 0 Å². The van der Waals surface area contributed by atoms with E-state index >= 15 is 0 Å². The predicted molar refractivity (Wildman–Crippen MR) is 186 cm³/mol. The van der Waals surface area contributed by atoms with Gasteiger partial charge in [-0.3, -0.25) is 0 Å². The molecule has 0 radical (unpaired) electrons. The van der Waals surface area contributed by atoms with Crippen molar-refractivity contribution in [3.63, 3.8) is 0 Å². The van der Waals surface area contributed by atoms with Crippen LogP contribution in [0.4, 0.5) is 0 Å². The Hall–Kier alpha value is -3.49. The fraction of sp³-hybridized carbons (Fsp3) is 0. The van der Waals surface area contributed by atoms with Crippen molar-refractivity contribution in [3.8, 4) is 0 Å². The fourth-order valence-corrected chi connectivity index (χ4v) is 4.49. The number of halogens is 2. The van der Waals surface area contributed by atoms with Gasteiger partial charge in [-0.2, -0.15) is 72.8 Å². The Morgan fingerprint density at radius 2 is 0.571 bits per heavy atom. The number of benzene rings is 6. The van der Waals surface area contributed by atoms with Gasteiger partial charge in [0.05, 0.1) is 0 Å². The quantitative estimate of drug-likeness (QED) is 0.107. The van der Waals surface area contributed by atoms with Crippen LogP contribution in [0.2, 0.25) is 0 Å². The van der Waals surface area contributed by atoms with Crippen LogP contribution in [0.25, 0.3) is 43.1 Å². The summed E-state index contributed by atoms with van der Waals surface area (Å²) in [6.07, 6.45) is 0. The molecule has 0 nitrogen and oxygen atoms in total. The van der Waals surface area contributed by atoms with Gasteiger partial charge in [0.25, 0.3) is 0 Å². The first kappa shape index (κ1) is 36.5. The molecule has 0 heterocycles. The van der Waals surface area contributed by atoms with Crippen LogP contribution in [-0.4, -0.2) is 0 Å². The van der Waals surface area contributed by atoms with E-state index in [2.05, 4.69) is 121 Å². The molecule has 0 aromatic heterocycles. The van der Waals surface area contributed by atoms with Crippen molar-refractivity contribution in [2.45, 2.75) is 0 Å². The van der Waals surface area contributed by atoms with Gasteiger partial charge >= 0.3 is 0 Å². The summed E-state index contributed by atoms with van der Waals surface area (Å²) in [6.45, 7) is 0. The zero-order valence-electron chi connectivity index (χ0n) is 23.5. The molecule has 0 N–H and O–H groups in total. The Balaban J connectivity index is 0.000000287. The van der Waals surface area contributed by atoms with E-state index < -0.39 is 0 Å². The van der Waals surface area contributed by atoms with Gasteiger partial charge < -0.3 is 7.43 Å². The van der Waals surface area contributed by atoms with Crippen LogP contribution in [0.1, 0.15) is 0 Å². The van der Waals surface area contributed by atoms with E-state index in [-0.39, 0.29) is 58.1 Å². The first-order valence-corrected chi connectivity index (χ1v) is 12.8. The molecular weight excluding hydrogens is 718 g/mol. The molecule has 0 saturated heterocycles. The maximum atomic E-state index is 2.89. The van der Waals surface area contributed by atoms with E-state index in [4.69, 9.17) is 0 Å². The molecule has 0 aliphatic carbocycles. The summed E-state index contributed by atoms with van der Waals surface area (Å²) >= 11 is 0. The summed E-state index contributed by atoms with van der Waals surface area (Å²) in [7, 11) is 0. The Morgan fingerprint density at radius 3 is 0.762 bits per heavy atom. The Bertz CT molecular complexity index is 1530. The van der Waals surface area contributed by atoms with Gasteiger partial charge in [0.1, 0.15) is 0 Å². The summed E-state index contributed by atoms with van der Waals surface area (Å²) in [5.41, 5.74) is 0. The van der Waals surface area contributed by atoms with E-state index in [0.717, 1.165) is 0 Å². The molecule has 42 heavy (non-hydrogen) atoms. The van der Waals surface area contributed by atoms with Crippen LogP contribution in [0.15, 0.2) is 170 Å². The van der Waals surface area contributed by atoms with E-state index in [1.54, 1.807) is 0 Å². The molecule has 212 valence electrons. The van der Waals surface area contributed by atoms with Gasteiger partial charge in [0, 0.05) is 25.8 Å². The van der Waals surface area contributed by atoms with Gasteiger partial charge in [0.2, 0.25) is 0 Å². The van der Waals surface area contributed by atoms with Gasteiger partial charge in [-0.15, -0.1) is 104 Å². The Labute approximate surface area is 281 Å². The molecule has 0 bridgehead atoms. The first-order valence-electron chi connectivity index (χ1n) is 12.8. The fourth-order valence-electron chi connectivity index (χ4n) is 4.49. The second-order valence-electron chi connectivity index (χ2n) is 8.79. The third kappa shape index (κ3) is 9.81. The Morgan fingerprint density at radius 1 is 0.333 bits per heavy atom. The summed E-state index contributed by atoms with van der Waals surface area (Å²) in [5, 5.41) is 10.8. The minimum absolute atomic E-state index is 0. The molecule has 0 aliphatic rings. The first-order chi connectivity index (χ1) is 18.9. The molecule has 0 fully saturated rings. The number of hydrogen-bond donors (Lipinski definition) is 0. The third-order valence-corrected chi connectivity index (χ3v) is 6.26. The maximum absolute atomic E-state index is 2.89. The molecule has 0 atom stereocenters. The van der Waals surface area contributed by atoms with Gasteiger partial charge in [0.15, 0.2) is 0 Å². The molecule has 0 unspecified atom stereocenters. The number of hydrogen-bond acceptors (Lipinski definition) is 0. The van der Waals surface area contributed by atoms with Crippen LogP contribution in [0, 0.1) is 19.6 Å². The van der Waals surface area contributed by atoms with Crippen LogP contribution in [0.5, 0.6) is 0 Å². The zero-order chi connectivity index (χ0) is 25.8. The van der Waals surface area contributed by atoms with Gasteiger partial charge in [-0.25, -0.2) is 0 Å². The monoisotopic (exact) mass is 751 g/mol. The van der Waals surface area contributed by atoms with E-state index in [1.165, 1.54) is 43.1 Å². The molecule has 0 aliphatic heterocycles. The number of fused-ring (bicyclic) bond motifs is 6. The summed E-state index contributed by atoms with van der Waals surface area (Å²) in [4.78, 5) is 0. The molecule has 8 aromatic carbocycles. The molecule has 8 rings (SSSR count). The second kappa shape index (κ2) is 19.6. The predicted octanol–water partition coefficient (Wildman–Crippen LogP) is 11.7. The van der Waals surface area contributed by atoms with Crippen molar-refractivity contribution < 1.29 is 25.8 Å².